The number of hydrogen-bond donors (Lipinski definition) is 2. The van der Waals surface area contributed by atoms with Gasteiger partial charge in [-0.3, -0.25) is 4.79 Å². The fraction of sp³-hybridized carbons (Fsp3) is 0.278. The van der Waals surface area contributed by atoms with Crippen LogP contribution in [0.5, 0.6) is 11.5 Å². The third-order valence-electron chi connectivity index (χ3n) is 3.38. The quantitative estimate of drug-likeness (QED) is 0.823. The molecule has 23 heavy (non-hydrogen) atoms. The van der Waals surface area contributed by atoms with Crippen LogP contribution in [-0.4, -0.2) is 11.9 Å². The first-order chi connectivity index (χ1) is 11.1. The highest BCUT2D eigenvalue weighted by atomic mass is 19.1. The summed E-state index contributed by atoms with van der Waals surface area (Å²) in [6.45, 7) is 2.42. The lowest BCUT2D eigenvalue weighted by atomic mass is 10.1. The first-order valence-corrected chi connectivity index (χ1v) is 7.64. The van der Waals surface area contributed by atoms with Crippen molar-refractivity contribution in [3.63, 3.8) is 0 Å². The normalized spacial score (nSPS) is 11.8. The number of nitrogens with two attached hydrogens (primary N) is 1. The predicted molar refractivity (Wildman–Crippen MR) is 87.6 cm³/mol. The molecular formula is C18H21FN2O2. The van der Waals surface area contributed by atoms with Crippen molar-refractivity contribution in [2.45, 2.75) is 32.4 Å². The maximum Gasteiger partial charge on any atom is 0.237 e. The van der Waals surface area contributed by atoms with Crippen LogP contribution in [0.2, 0.25) is 0 Å². The molecule has 2 aromatic rings. The molecule has 0 radical (unpaired) electrons. The lowest BCUT2D eigenvalue weighted by molar-refractivity contribution is -0.122. The maximum atomic E-state index is 12.8. The smallest absolute Gasteiger partial charge is 0.237 e. The van der Waals surface area contributed by atoms with Gasteiger partial charge in [-0.05, 0) is 48.4 Å². The van der Waals surface area contributed by atoms with Gasteiger partial charge in [-0.15, -0.1) is 0 Å². The Morgan fingerprint density at radius 3 is 2.26 bits per heavy atom. The number of halogens is 1. The highest BCUT2D eigenvalue weighted by Gasteiger charge is 2.11. The van der Waals surface area contributed by atoms with Gasteiger partial charge in [0, 0.05) is 6.54 Å². The van der Waals surface area contributed by atoms with E-state index >= 15 is 0 Å². The van der Waals surface area contributed by atoms with Crippen LogP contribution < -0.4 is 15.8 Å². The predicted octanol–water partition coefficient (Wildman–Crippen LogP) is 3.36. The Bertz CT molecular complexity index is 626. The molecule has 4 nitrogen and oxygen atoms in total. The summed E-state index contributed by atoms with van der Waals surface area (Å²) < 4.78 is 18.4. The van der Waals surface area contributed by atoms with Crippen LogP contribution in [-0.2, 0) is 11.3 Å². The number of ether oxygens (including phenoxy) is 1. The largest absolute Gasteiger partial charge is 0.457 e. The number of benzene rings is 2. The van der Waals surface area contributed by atoms with Gasteiger partial charge >= 0.3 is 0 Å². The molecule has 0 aromatic heterocycles. The molecule has 0 saturated carbocycles. The summed E-state index contributed by atoms with van der Waals surface area (Å²) in [6, 6.07) is 12.7. The number of carbonyl (C=O) groups excluding carboxylic acids is 1. The van der Waals surface area contributed by atoms with Crippen molar-refractivity contribution in [2.24, 2.45) is 5.73 Å². The van der Waals surface area contributed by atoms with Crippen molar-refractivity contribution in [1.29, 1.82) is 0 Å². The SMILES string of the molecule is CCCC(N)C(=O)NCc1ccc(Oc2ccc(F)cc2)cc1. The number of rotatable bonds is 7. The van der Waals surface area contributed by atoms with Crippen LogP contribution in [0.15, 0.2) is 48.5 Å². The van der Waals surface area contributed by atoms with Gasteiger partial charge in [-0.1, -0.05) is 25.5 Å². The van der Waals surface area contributed by atoms with Gasteiger partial charge in [0.15, 0.2) is 0 Å². The lowest BCUT2D eigenvalue weighted by Crippen LogP contribution is -2.40. The van der Waals surface area contributed by atoms with E-state index in [1.165, 1.54) is 12.1 Å². The molecule has 2 aromatic carbocycles. The van der Waals surface area contributed by atoms with E-state index < -0.39 is 6.04 Å². The van der Waals surface area contributed by atoms with Gasteiger partial charge in [0.2, 0.25) is 5.91 Å². The van der Waals surface area contributed by atoms with E-state index in [0.717, 1.165) is 12.0 Å². The maximum absolute atomic E-state index is 12.8. The molecule has 0 aliphatic carbocycles. The van der Waals surface area contributed by atoms with E-state index in [4.69, 9.17) is 10.5 Å². The minimum atomic E-state index is -0.457. The van der Waals surface area contributed by atoms with Crippen LogP contribution in [0.25, 0.3) is 0 Å². The van der Waals surface area contributed by atoms with E-state index in [1.807, 2.05) is 19.1 Å². The van der Waals surface area contributed by atoms with Crippen molar-refractivity contribution in [3.05, 3.63) is 59.9 Å². The van der Waals surface area contributed by atoms with Crippen molar-refractivity contribution in [3.8, 4) is 11.5 Å². The van der Waals surface area contributed by atoms with Gasteiger partial charge in [-0.2, -0.15) is 0 Å². The zero-order chi connectivity index (χ0) is 16.7. The summed E-state index contributed by atoms with van der Waals surface area (Å²) >= 11 is 0. The molecule has 1 atom stereocenters. The summed E-state index contributed by atoms with van der Waals surface area (Å²) in [5.41, 5.74) is 6.71. The summed E-state index contributed by atoms with van der Waals surface area (Å²) in [4.78, 5) is 11.8. The van der Waals surface area contributed by atoms with Gasteiger partial charge in [0.05, 0.1) is 6.04 Å². The molecule has 3 N–H and O–H groups in total. The second kappa shape index (κ2) is 8.29. The van der Waals surface area contributed by atoms with Gasteiger partial charge in [0.1, 0.15) is 17.3 Å². The van der Waals surface area contributed by atoms with Crippen LogP contribution in [0.1, 0.15) is 25.3 Å². The molecule has 0 spiro atoms. The number of nitrogens with one attached hydrogen (secondary N) is 1. The third kappa shape index (κ3) is 5.38. The fourth-order valence-electron chi connectivity index (χ4n) is 2.08. The zero-order valence-corrected chi connectivity index (χ0v) is 13.1. The summed E-state index contributed by atoms with van der Waals surface area (Å²) in [5, 5.41) is 2.81. The molecule has 0 aliphatic rings. The molecule has 5 heteroatoms. The molecule has 122 valence electrons. The summed E-state index contributed by atoms with van der Waals surface area (Å²) in [6.07, 6.45) is 1.56. The third-order valence-corrected chi connectivity index (χ3v) is 3.38. The average molecular weight is 316 g/mol. The molecule has 0 saturated heterocycles. The van der Waals surface area contributed by atoms with Gasteiger partial charge < -0.3 is 15.8 Å². The van der Waals surface area contributed by atoms with Crippen molar-refractivity contribution >= 4 is 5.91 Å². The number of amides is 1. The lowest BCUT2D eigenvalue weighted by Gasteiger charge is -2.11. The minimum absolute atomic E-state index is 0.140. The fourth-order valence-corrected chi connectivity index (χ4v) is 2.08. The minimum Gasteiger partial charge on any atom is -0.457 e. The Balaban J connectivity index is 1.87. The van der Waals surface area contributed by atoms with Crippen LogP contribution in [0.3, 0.4) is 0 Å². The first kappa shape index (κ1) is 17.0. The number of hydrogen-bond acceptors (Lipinski definition) is 3. The second-order valence-corrected chi connectivity index (χ2v) is 5.31. The topological polar surface area (TPSA) is 64.4 Å². The Hall–Kier alpha value is -2.40. The highest BCUT2D eigenvalue weighted by molar-refractivity contribution is 5.81. The molecule has 0 bridgehead atoms. The average Bonchev–Trinajstić information content (AvgIpc) is 2.56. The standard InChI is InChI=1S/C18H21FN2O2/c1-2-3-17(20)18(22)21-12-13-4-8-15(9-5-13)23-16-10-6-14(19)7-11-16/h4-11,17H,2-3,12,20H2,1H3,(H,21,22). The van der Waals surface area contributed by atoms with E-state index in [-0.39, 0.29) is 11.7 Å². The van der Waals surface area contributed by atoms with Gasteiger partial charge in [0.25, 0.3) is 0 Å². The molecule has 0 fully saturated rings. The molecule has 1 unspecified atom stereocenters. The van der Waals surface area contributed by atoms with Crippen molar-refractivity contribution in [2.75, 3.05) is 0 Å². The first-order valence-electron chi connectivity index (χ1n) is 7.64. The monoisotopic (exact) mass is 316 g/mol. The van der Waals surface area contributed by atoms with Crippen LogP contribution in [0.4, 0.5) is 4.39 Å². The Morgan fingerprint density at radius 2 is 1.70 bits per heavy atom. The number of carbonyl (C=O) groups is 1. The van der Waals surface area contributed by atoms with Crippen molar-refractivity contribution < 1.29 is 13.9 Å². The highest BCUT2D eigenvalue weighted by Crippen LogP contribution is 2.21. The van der Waals surface area contributed by atoms with E-state index in [9.17, 15) is 9.18 Å². The van der Waals surface area contributed by atoms with E-state index in [1.54, 1.807) is 24.3 Å². The Kier molecular flexibility index (Phi) is 6.11. The summed E-state index contributed by atoms with van der Waals surface area (Å²) in [5.74, 6) is 0.774. The molecule has 2 rings (SSSR count). The second-order valence-electron chi connectivity index (χ2n) is 5.31. The molecule has 1 amide bonds. The molecule has 0 heterocycles. The van der Waals surface area contributed by atoms with Gasteiger partial charge in [-0.25, -0.2) is 4.39 Å². The van der Waals surface area contributed by atoms with Crippen LogP contribution in [0, 0.1) is 5.82 Å². The van der Waals surface area contributed by atoms with E-state index in [2.05, 4.69) is 5.32 Å². The van der Waals surface area contributed by atoms with E-state index in [0.29, 0.717) is 24.5 Å². The molecular weight excluding hydrogens is 295 g/mol. The zero-order valence-electron chi connectivity index (χ0n) is 13.1. The van der Waals surface area contributed by atoms with Crippen LogP contribution >= 0.6 is 0 Å². The van der Waals surface area contributed by atoms with Crippen molar-refractivity contribution in [1.82, 2.24) is 5.32 Å². The Morgan fingerprint density at radius 1 is 1.13 bits per heavy atom. The summed E-state index contributed by atoms with van der Waals surface area (Å²) in [7, 11) is 0. The molecule has 0 aliphatic heterocycles. The Labute approximate surface area is 135 Å².